The predicted octanol–water partition coefficient (Wildman–Crippen LogP) is 2.14. The molecule has 0 spiro atoms. The van der Waals surface area contributed by atoms with Gasteiger partial charge in [0.25, 0.3) is 0 Å². The largest absolute Gasteiger partial charge is 0.361 e. The molecule has 3 rings (SSSR count). The van der Waals surface area contributed by atoms with Crippen LogP contribution in [-0.2, 0) is 15.6 Å². The minimum atomic E-state index is -3.56. The second-order valence-corrected chi connectivity index (χ2v) is 6.53. The van der Waals surface area contributed by atoms with Crippen LogP contribution in [0.15, 0.2) is 33.9 Å². The molecule has 0 aliphatic heterocycles. The van der Waals surface area contributed by atoms with E-state index in [2.05, 4.69) is 15.1 Å². The zero-order valence-electron chi connectivity index (χ0n) is 11.0. The predicted molar refractivity (Wildman–Crippen MR) is 73.0 cm³/mol. The van der Waals surface area contributed by atoms with E-state index in [4.69, 9.17) is 4.52 Å². The number of H-pyrrole nitrogens is 1. The van der Waals surface area contributed by atoms with Crippen molar-refractivity contribution in [3.05, 3.63) is 41.3 Å². The van der Waals surface area contributed by atoms with Crippen molar-refractivity contribution in [2.75, 3.05) is 0 Å². The number of sulfone groups is 1. The zero-order valence-corrected chi connectivity index (χ0v) is 11.9. The van der Waals surface area contributed by atoms with Crippen LogP contribution >= 0.6 is 0 Å². The van der Waals surface area contributed by atoms with Gasteiger partial charge >= 0.3 is 0 Å². The molecular formula is C13H13N3O3S. The van der Waals surface area contributed by atoms with E-state index < -0.39 is 9.84 Å². The van der Waals surface area contributed by atoms with Crippen LogP contribution in [0.2, 0.25) is 0 Å². The number of aryl methyl sites for hydroxylation is 2. The van der Waals surface area contributed by atoms with Crippen molar-refractivity contribution in [3.63, 3.8) is 0 Å². The maximum absolute atomic E-state index is 12.4. The average Bonchev–Trinajstić information content (AvgIpc) is 2.97. The highest BCUT2D eigenvalue weighted by Gasteiger charge is 2.23. The maximum Gasteiger partial charge on any atom is 0.226 e. The molecule has 2 heterocycles. The molecule has 0 bridgehead atoms. The molecule has 7 heteroatoms. The van der Waals surface area contributed by atoms with Crippen molar-refractivity contribution in [3.8, 4) is 0 Å². The second-order valence-electron chi connectivity index (χ2n) is 4.62. The van der Waals surface area contributed by atoms with Gasteiger partial charge in [-0.1, -0.05) is 17.3 Å². The minimum Gasteiger partial charge on any atom is -0.361 e. The van der Waals surface area contributed by atoms with Gasteiger partial charge in [0.2, 0.25) is 15.0 Å². The van der Waals surface area contributed by atoms with E-state index >= 15 is 0 Å². The monoisotopic (exact) mass is 291 g/mol. The topological polar surface area (TPSA) is 88.8 Å². The minimum absolute atomic E-state index is 0.0290. The van der Waals surface area contributed by atoms with Crippen molar-refractivity contribution in [1.82, 2.24) is 15.1 Å². The summed E-state index contributed by atoms with van der Waals surface area (Å²) in [6, 6.07) is 7.19. The number of hydrogen-bond acceptors (Lipinski definition) is 5. The third-order valence-corrected chi connectivity index (χ3v) is 4.63. The van der Waals surface area contributed by atoms with E-state index in [1.54, 1.807) is 26.0 Å². The van der Waals surface area contributed by atoms with Crippen molar-refractivity contribution < 1.29 is 12.9 Å². The first-order chi connectivity index (χ1) is 9.47. The highest BCUT2D eigenvalue weighted by Crippen LogP contribution is 2.21. The zero-order chi connectivity index (χ0) is 14.3. The molecule has 0 amide bonds. The number of hydrogen-bond donors (Lipinski definition) is 1. The van der Waals surface area contributed by atoms with E-state index in [0.29, 0.717) is 28.1 Å². The lowest BCUT2D eigenvalue weighted by Crippen LogP contribution is -2.08. The number of fused-ring (bicyclic) bond motifs is 1. The molecule has 0 aliphatic rings. The van der Waals surface area contributed by atoms with Gasteiger partial charge in [0.15, 0.2) is 0 Å². The van der Waals surface area contributed by atoms with Gasteiger partial charge in [0, 0.05) is 5.56 Å². The Balaban J connectivity index is 2.03. The average molecular weight is 291 g/mol. The SMILES string of the molecule is Cc1noc(C)c1CS(=O)(=O)c1nc2ccccc2[nH]1. The summed E-state index contributed by atoms with van der Waals surface area (Å²) in [5.74, 6) is 0.343. The first-order valence-electron chi connectivity index (χ1n) is 6.06. The first-order valence-corrected chi connectivity index (χ1v) is 7.72. The quantitative estimate of drug-likeness (QED) is 0.798. The standard InChI is InChI=1S/C13H13N3O3S/c1-8-10(9(2)19-16-8)7-20(17,18)13-14-11-5-3-4-6-12(11)15-13/h3-6H,7H2,1-2H3,(H,14,15). The van der Waals surface area contributed by atoms with E-state index in [-0.39, 0.29) is 10.9 Å². The molecule has 3 aromatic rings. The Morgan fingerprint density at radius 3 is 2.65 bits per heavy atom. The fourth-order valence-corrected chi connectivity index (χ4v) is 3.47. The molecular weight excluding hydrogens is 278 g/mol. The van der Waals surface area contributed by atoms with E-state index in [9.17, 15) is 8.42 Å². The fraction of sp³-hybridized carbons (Fsp3) is 0.231. The van der Waals surface area contributed by atoms with E-state index in [0.717, 1.165) is 0 Å². The normalized spacial score (nSPS) is 12.1. The summed E-state index contributed by atoms with van der Waals surface area (Å²) in [4.78, 5) is 6.97. The molecule has 20 heavy (non-hydrogen) atoms. The van der Waals surface area contributed by atoms with Crippen molar-refractivity contribution in [2.45, 2.75) is 24.8 Å². The second kappa shape index (κ2) is 4.45. The molecule has 0 saturated heterocycles. The summed E-state index contributed by atoms with van der Waals surface area (Å²) < 4.78 is 29.8. The molecule has 104 valence electrons. The van der Waals surface area contributed by atoms with Gasteiger partial charge in [-0.25, -0.2) is 13.4 Å². The molecule has 1 aromatic carbocycles. The van der Waals surface area contributed by atoms with Gasteiger partial charge in [0.05, 0.1) is 22.5 Å². The number of rotatable bonds is 3. The van der Waals surface area contributed by atoms with Crippen LogP contribution < -0.4 is 0 Å². The lowest BCUT2D eigenvalue weighted by Gasteiger charge is -2.00. The van der Waals surface area contributed by atoms with Gasteiger partial charge in [-0.2, -0.15) is 0 Å². The number of benzene rings is 1. The Morgan fingerprint density at radius 2 is 2.00 bits per heavy atom. The fourth-order valence-electron chi connectivity index (χ4n) is 2.04. The number of aromatic amines is 1. The number of para-hydroxylation sites is 2. The molecule has 0 unspecified atom stereocenters. The van der Waals surface area contributed by atoms with E-state index in [1.165, 1.54) is 0 Å². The van der Waals surface area contributed by atoms with Crippen LogP contribution in [0, 0.1) is 13.8 Å². The van der Waals surface area contributed by atoms with Crippen LogP contribution in [0.5, 0.6) is 0 Å². The van der Waals surface area contributed by atoms with Gasteiger partial charge in [0.1, 0.15) is 5.76 Å². The summed E-state index contributed by atoms with van der Waals surface area (Å²) in [6.07, 6.45) is 0. The van der Waals surface area contributed by atoms with E-state index in [1.807, 2.05) is 12.1 Å². The lowest BCUT2D eigenvalue weighted by molar-refractivity contribution is 0.392. The molecule has 0 aliphatic carbocycles. The number of nitrogens with zero attached hydrogens (tertiary/aromatic N) is 2. The Hall–Kier alpha value is -2.15. The Morgan fingerprint density at radius 1 is 1.25 bits per heavy atom. The molecule has 6 nitrogen and oxygen atoms in total. The van der Waals surface area contributed by atoms with Gasteiger partial charge in [-0.05, 0) is 26.0 Å². The molecule has 0 fully saturated rings. The van der Waals surface area contributed by atoms with Crippen LogP contribution in [0.25, 0.3) is 11.0 Å². The number of aromatic nitrogens is 3. The highest BCUT2D eigenvalue weighted by atomic mass is 32.2. The van der Waals surface area contributed by atoms with Gasteiger partial charge in [-0.15, -0.1) is 0 Å². The maximum atomic E-state index is 12.4. The van der Waals surface area contributed by atoms with Crippen LogP contribution in [0.4, 0.5) is 0 Å². The first kappa shape index (κ1) is 12.9. The van der Waals surface area contributed by atoms with Crippen LogP contribution in [-0.4, -0.2) is 23.5 Å². The van der Waals surface area contributed by atoms with Gasteiger partial charge < -0.3 is 9.51 Å². The van der Waals surface area contributed by atoms with Crippen molar-refractivity contribution >= 4 is 20.9 Å². The summed E-state index contributed by atoms with van der Waals surface area (Å²) >= 11 is 0. The Bertz CT molecular complexity index is 825. The van der Waals surface area contributed by atoms with Crippen molar-refractivity contribution in [2.24, 2.45) is 0 Å². The number of imidazole rings is 1. The third kappa shape index (κ3) is 2.09. The Kier molecular flexibility index (Phi) is 2.86. The third-order valence-electron chi connectivity index (χ3n) is 3.18. The highest BCUT2D eigenvalue weighted by molar-refractivity contribution is 7.90. The Labute approximate surface area is 115 Å². The van der Waals surface area contributed by atoms with Crippen LogP contribution in [0.3, 0.4) is 0 Å². The molecule has 0 radical (unpaired) electrons. The summed E-state index contributed by atoms with van der Waals surface area (Å²) in [6.45, 7) is 3.42. The summed E-state index contributed by atoms with van der Waals surface area (Å²) in [7, 11) is -3.56. The summed E-state index contributed by atoms with van der Waals surface area (Å²) in [5, 5.41) is 3.74. The van der Waals surface area contributed by atoms with Gasteiger partial charge in [-0.3, -0.25) is 0 Å². The van der Waals surface area contributed by atoms with Crippen LogP contribution in [0.1, 0.15) is 17.0 Å². The number of nitrogens with one attached hydrogen (secondary N) is 1. The molecule has 0 saturated carbocycles. The molecule has 2 aromatic heterocycles. The molecule has 1 N–H and O–H groups in total. The summed E-state index contributed by atoms with van der Waals surface area (Å²) in [5.41, 5.74) is 2.50. The smallest absolute Gasteiger partial charge is 0.226 e. The lowest BCUT2D eigenvalue weighted by atomic mass is 10.2. The molecule has 0 atom stereocenters. The van der Waals surface area contributed by atoms with Crippen molar-refractivity contribution in [1.29, 1.82) is 0 Å².